The van der Waals surface area contributed by atoms with E-state index in [9.17, 15) is 14.4 Å². The van der Waals surface area contributed by atoms with Gasteiger partial charge in [-0.15, -0.1) is 0 Å². The van der Waals surface area contributed by atoms with Crippen molar-refractivity contribution in [3.63, 3.8) is 0 Å². The molecule has 3 atom stereocenters. The molecule has 286 valence electrons. The lowest BCUT2D eigenvalue weighted by Crippen LogP contribution is -2.43. The molecule has 0 heterocycles. The van der Waals surface area contributed by atoms with Gasteiger partial charge < -0.3 is 0 Å². The average molecular weight is 728 g/mol. The van der Waals surface area contributed by atoms with Gasteiger partial charge in [0.2, 0.25) is 0 Å². The number of fused-ring (bicyclic) bond motifs is 5. The fourth-order valence-electron chi connectivity index (χ4n) is 7.60. The second kappa shape index (κ2) is 17.1. The second-order valence-electron chi connectivity index (χ2n) is 18.1. The van der Waals surface area contributed by atoms with Crippen molar-refractivity contribution in [3.05, 3.63) is 130 Å². The standard InChI is InChI=1S/C19H21NO.C15H21NO.C14H19NO/c1-19(2,3)20-18-16-11-7-6-10-15(16)14-9-5-4-8-13(14)12-17(18)21;1-15(2,3)16-14-12-9-5-4-7-11(12)8-6-10-13(14)17;1-14(2,3)15-13-11-7-5-4-6-10(11)8-9-12(13)16/h4-11,18,20H,12H2,1-3H3;4-5,7,9,14,16H,6,8,10H2,1-3H3;4-7,13,15H,8-9H2,1-3H3. The first-order valence-electron chi connectivity index (χ1n) is 19.6. The minimum Gasteiger partial charge on any atom is -0.299 e. The van der Waals surface area contributed by atoms with Gasteiger partial charge in [0, 0.05) is 35.9 Å². The largest absolute Gasteiger partial charge is 0.299 e. The molecule has 0 saturated heterocycles. The molecule has 3 aliphatic rings. The number of carbonyl (C=O) groups excluding carboxylic acids is 3. The highest BCUT2D eigenvalue weighted by Gasteiger charge is 2.32. The van der Waals surface area contributed by atoms with E-state index in [2.05, 4.69) is 133 Å². The van der Waals surface area contributed by atoms with Crippen LogP contribution in [0.3, 0.4) is 0 Å². The number of nitrogens with one attached hydrogen (secondary N) is 3. The molecule has 0 amide bonds. The Kier molecular flexibility index (Phi) is 12.9. The molecule has 0 spiro atoms. The predicted molar refractivity (Wildman–Crippen MR) is 222 cm³/mol. The summed E-state index contributed by atoms with van der Waals surface area (Å²) >= 11 is 0. The molecule has 54 heavy (non-hydrogen) atoms. The third kappa shape index (κ3) is 10.9. The van der Waals surface area contributed by atoms with Gasteiger partial charge in [0.15, 0.2) is 17.3 Å². The number of ketones is 3. The highest BCUT2D eigenvalue weighted by atomic mass is 16.1. The minimum atomic E-state index is -0.242. The summed E-state index contributed by atoms with van der Waals surface area (Å²) in [6.07, 6.45) is 4.70. The molecule has 7 rings (SSSR count). The highest BCUT2D eigenvalue weighted by Crippen LogP contribution is 2.36. The SMILES string of the molecule is CC(C)(C)NC1C(=O)CCCc2ccccc21.CC(C)(C)NC1C(=O)CCc2ccccc21.CC(C)(C)NC1C(=O)Cc2ccccc2-c2ccccc21. The number of benzene rings is 4. The monoisotopic (exact) mass is 727 g/mol. The van der Waals surface area contributed by atoms with Gasteiger partial charge in [-0.2, -0.15) is 0 Å². The van der Waals surface area contributed by atoms with Gasteiger partial charge >= 0.3 is 0 Å². The van der Waals surface area contributed by atoms with E-state index in [-0.39, 0.29) is 40.5 Å². The molecule has 3 unspecified atom stereocenters. The zero-order valence-corrected chi connectivity index (χ0v) is 33.9. The maximum atomic E-state index is 12.8. The Bertz CT molecular complexity index is 1940. The van der Waals surface area contributed by atoms with Gasteiger partial charge in [-0.3, -0.25) is 30.3 Å². The number of hydrogen-bond donors (Lipinski definition) is 3. The molecule has 4 aromatic carbocycles. The first-order valence-corrected chi connectivity index (χ1v) is 19.6. The van der Waals surface area contributed by atoms with E-state index in [0.29, 0.717) is 30.8 Å². The van der Waals surface area contributed by atoms with Crippen molar-refractivity contribution < 1.29 is 14.4 Å². The molecular formula is C48H61N3O3. The molecule has 0 radical (unpaired) electrons. The lowest BCUT2D eigenvalue weighted by atomic mass is 9.85. The summed E-state index contributed by atoms with van der Waals surface area (Å²) in [5, 5.41) is 10.4. The maximum absolute atomic E-state index is 12.8. The van der Waals surface area contributed by atoms with Crippen molar-refractivity contribution in [2.75, 3.05) is 0 Å². The van der Waals surface area contributed by atoms with Crippen LogP contribution in [0, 0.1) is 0 Å². The fraction of sp³-hybridized carbons (Fsp3) is 0.438. The van der Waals surface area contributed by atoms with Gasteiger partial charge in [-0.25, -0.2) is 0 Å². The lowest BCUT2D eigenvalue weighted by Gasteiger charge is -2.31. The molecule has 6 heteroatoms. The molecule has 4 aromatic rings. The van der Waals surface area contributed by atoms with Crippen LogP contribution in [-0.4, -0.2) is 34.0 Å². The third-order valence-electron chi connectivity index (χ3n) is 9.88. The summed E-state index contributed by atoms with van der Waals surface area (Å²) < 4.78 is 0. The first kappa shape index (κ1) is 40.9. The van der Waals surface area contributed by atoms with Gasteiger partial charge in [0.1, 0.15) is 0 Å². The van der Waals surface area contributed by atoms with Crippen LogP contribution in [0.15, 0.2) is 97.1 Å². The molecule has 0 bridgehead atoms. The van der Waals surface area contributed by atoms with E-state index in [0.717, 1.165) is 36.0 Å². The van der Waals surface area contributed by atoms with E-state index in [1.165, 1.54) is 27.8 Å². The molecule has 3 N–H and O–H groups in total. The van der Waals surface area contributed by atoms with Crippen LogP contribution in [0.25, 0.3) is 11.1 Å². The van der Waals surface area contributed by atoms with E-state index < -0.39 is 0 Å². The number of aryl methyl sites for hydroxylation is 2. The summed E-state index contributed by atoms with van der Waals surface area (Å²) in [6, 6.07) is 32.5. The highest BCUT2D eigenvalue weighted by molar-refractivity contribution is 5.94. The fourth-order valence-corrected chi connectivity index (χ4v) is 7.60. The Morgan fingerprint density at radius 1 is 0.407 bits per heavy atom. The Labute approximate surface area is 323 Å². The second-order valence-corrected chi connectivity index (χ2v) is 18.1. The summed E-state index contributed by atoms with van der Waals surface area (Å²) in [5.41, 5.74) is 9.32. The smallest absolute Gasteiger partial charge is 0.158 e. The lowest BCUT2D eigenvalue weighted by molar-refractivity contribution is -0.122. The van der Waals surface area contributed by atoms with Crippen molar-refractivity contribution in [2.45, 2.75) is 136 Å². The topological polar surface area (TPSA) is 87.3 Å². The van der Waals surface area contributed by atoms with Gasteiger partial charge in [-0.1, -0.05) is 97.1 Å². The molecule has 0 saturated carbocycles. The molecule has 0 aliphatic heterocycles. The molecule has 0 fully saturated rings. The van der Waals surface area contributed by atoms with E-state index in [1.807, 2.05) is 42.5 Å². The van der Waals surface area contributed by atoms with Crippen LogP contribution in [0.5, 0.6) is 0 Å². The minimum absolute atomic E-state index is 0.0369. The Hall–Kier alpha value is -4.23. The third-order valence-corrected chi connectivity index (χ3v) is 9.88. The van der Waals surface area contributed by atoms with Crippen LogP contribution >= 0.6 is 0 Å². The van der Waals surface area contributed by atoms with E-state index in [1.54, 1.807) is 0 Å². The van der Waals surface area contributed by atoms with E-state index in [4.69, 9.17) is 0 Å². The molecule has 3 aliphatic carbocycles. The summed E-state index contributed by atoms with van der Waals surface area (Å²) in [4.78, 5) is 36.9. The van der Waals surface area contributed by atoms with Crippen molar-refractivity contribution in [2.24, 2.45) is 0 Å². The summed E-state index contributed by atoms with van der Waals surface area (Å²) in [5.74, 6) is 0.876. The molecule has 6 nitrogen and oxygen atoms in total. The Morgan fingerprint density at radius 2 is 0.796 bits per heavy atom. The summed E-state index contributed by atoms with van der Waals surface area (Å²) in [7, 11) is 0. The van der Waals surface area contributed by atoms with Crippen molar-refractivity contribution in [3.8, 4) is 11.1 Å². The van der Waals surface area contributed by atoms with Crippen LogP contribution in [-0.2, 0) is 33.6 Å². The summed E-state index contributed by atoms with van der Waals surface area (Å²) in [6.45, 7) is 18.9. The predicted octanol–water partition coefficient (Wildman–Crippen LogP) is 9.56. The van der Waals surface area contributed by atoms with Crippen LogP contribution in [0.2, 0.25) is 0 Å². The van der Waals surface area contributed by atoms with Gasteiger partial charge in [0.05, 0.1) is 18.1 Å². The Balaban J connectivity index is 0.000000158. The van der Waals surface area contributed by atoms with Crippen molar-refractivity contribution in [1.82, 2.24) is 16.0 Å². The number of rotatable bonds is 3. The molecule has 0 aromatic heterocycles. The van der Waals surface area contributed by atoms with Gasteiger partial charge in [-0.05, 0) is 126 Å². The number of Topliss-reactive ketones (excluding diaryl/α,β-unsaturated/α-hetero) is 3. The first-order chi connectivity index (χ1) is 25.4. The van der Waals surface area contributed by atoms with Crippen LogP contribution in [0.4, 0.5) is 0 Å². The molecular weight excluding hydrogens is 667 g/mol. The zero-order chi connectivity index (χ0) is 39.3. The number of carbonyl (C=O) groups is 3. The van der Waals surface area contributed by atoms with Crippen molar-refractivity contribution >= 4 is 17.3 Å². The van der Waals surface area contributed by atoms with Crippen molar-refractivity contribution in [1.29, 1.82) is 0 Å². The zero-order valence-electron chi connectivity index (χ0n) is 33.9. The quantitative estimate of drug-likeness (QED) is 0.182. The number of hydrogen-bond acceptors (Lipinski definition) is 6. The normalized spacial score (nSPS) is 19.6. The van der Waals surface area contributed by atoms with Crippen LogP contribution < -0.4 is 16.0 Å². The Morgan fingerprint density at radius 3 is 1.31 bits per heavy atom. The van der Waals surface area contributed by atoms with Crippen LogP contribution in [0.1, 0.15) is 133 Å². The maximum Gasteiger partial charge on any atom is 0.158 e. The van der Waals surface area contributed by atoms with E-state index >= 15 is 0 Å². The average Bonchev–Trinajstić information content (AvgIpc) is 3.32. The van der Waals surface area contributed by atoms with Gasteiger partial charge in [0.25, 0.3) is 0 Å².